The highest BCUT2D eigenvalue weighted by Crippen LogP contribution is 2.32. The second kappa shape index (κ2) is 9.93. The Morgan fingerprint density at radius 2 is 1.35 bits per heavy atom. The molecule has 0 N–H and O–H groups in total. The zero-order valence-corrected chi connectivity index (χ0v) is 13.9. The molecule has 0 fully saturated rings. The van der Waals surface area contributed by atoms with Crippen molar-refractivity contribution in [3.63, 3.8) is 0 Å². The van der Waals surface area contributed by atoms with E-state index < -0.39 is 8.07 Å². The predicted octanol–water partition coefficient (Wildman–Crippen LogP) is 6.34. The van der Waals surface area contributed by atoms with Gasteiger partial charge in [0, 0.05) is 0 Å². The van der Waals surface area contributed by atoms with Crippen molar-refractivity contribution in [1.29, 1.82) is 0 Å². The Bertz CT molecular complexity index is 193. The fraction of sp³-hybridized carbons (Fsp3) is 0.875. The molecule has 0 aromatic carbocycles. The summed E-state index contributed by atoms with van der Waals surface area (Å²) >= 11 is 0. The summed E-state index contributed by atoms with van der Waals surface area (Å²) in [7, 11) is -1.07. The van der Waals surface area contributed by atoms with Crippen LogP contribution >= 0.6 is 0 Å². The van der Waals surface area contributed by atoms with Crippen molar-refractivity contribution in [1.82, 2.24) is 0 Å². The van der Waals surface area contributed by atoms with Crippen LogP contribution in [-0.2, 0) is 0 Å². The van der Waals surface area contributed by atoms with Crippen LogP contribution in [0.4, 0.5) is 0 Å². The van der Waals surface area contributed by atoms with E-state index in [1.165, 1.54) is 56.7 Å². The van der Waals surface area contributed by atoms with E-state index in [0.717, 1.165) is 0 Å². The smallest absolute Gasteiger partial charge is 0.0803 e. The molecule has 0 rings (SSSR count). The average Bonchev–Trinajstić information content (AvgIpc) is 2.37. The van der Waals surface area contributed by atoms with Gasteiger partial charge in [-0.3, -0.25) is 0 Å². The first-order chi connectivity index (χ1) is 8.20. The topological polar surface area (TPSA) is 0 Å². The van der Waals surface area contributed by atoms with E-state index in [1.807, 2.05) is 5.20 Å². The van der Waals surface area contributed by atoms with Gasteiger partial charge in [0.15, 0.2) is 0 Å². The molecular formula is C16H34Si. The van der Waals surface area contributed by atoms with Crippen LogP contribution in [-0.4, -0.2) is 8.07 Å². The van der Waals surface area contributed by atoms with E-state index >= 15 is 0 Å². The minimum absolute atomic E-state index is 1.07. The first kappa shape index (κ1) is 17.0. The molecule has 0 heterocycles. The van der Waals surface area contributed by atoms with Crippen molar-refractivity contribution in [2.45, 2.75) is 91.3 Å². The minimum atomic E-state index is -1.07. The summed E-state index contributed by atoms with van der Waals surface area (Å²) in [6.07, 6.45) is 10.8. The quantitative estimate of drug-likeness (QED) is 0.315. The molecule has 0 aliphatic rings. The summed E-state index contributed by atoms with van der Waals surface area (Å²) in [5.74, 6) is 0. The maximum absolute atomic E-state index is 2.64. The van der Waals surface area contributed by atoms with Crippen LogP contribution in [0.3, 0.4) is 0 Å². The van der Waals surface area contributed by atoms with Crippen molar-refractivity contribution in [3.05, 3.63) is 11.3 Å². The van der Waals surface area contributed by atoms with Gasteiger partial charge in [0.2, 0.25) is 0 Å². The molecule has 0 bridgehead atoms. The molecule has 0 radical (unpaired) electrons. The first-order valence-corrected chi connectivity index (χ1v) is 10.5. The van der Waals surface area contributed by atoms with Gasteiger partial charge in [-0.05, 0) is 12.8 Å². The monoisotopic (exact) mass is 254 g/mol. The van der Waals surface area contributed by atoms with Crippen LogP contribution in [0.15, 0.2) is 11.3 Å². The molecule has 0 nitrogen and oxygen atoms in total. The molecule has 102 valence electrons. The lowest BCUT2D eigenvalue weighted by molar-refractivity contribution is 0.779. The normalized spacial score (nSPS) is 13.1. The van der Waals surface area contributed by atoms with Crippen LogP contribution in [0.1, 0.15) is 73.1 Å². The molecule has 0 amide bonds. The minimum Gasteiger partial charge on any atom is -0.0891 e. The zero-order chi connectivity index (χ0) is 13.1. The first-order valence-electron chi connectivity index (χ1n) is 7.90. The van der Waals surface area contributed by atoms with E-state index in [9.17, 15) is 0 Å². The molecule has 0 unspecified atom stereocenters. The number of rotatable bonds is 10. The van der Waals surface area contributed by atoms with Crippen molar-refractivity contribution in [2.24, 2.45) is 0 Å². The van der Waals surface area contributed by atoms with Gasteiger partial charge in [0.1, 0.15) is 0 Å². The van der Waals surface area contributed by atoms with Crippen molar-refractivity contribution in [3.8, 4) is 0 Å². The van der Waals surface area contributed by atoms with Crippen molar-refractivity contribution >= 4 is 8.07 Å². The van der Waals surface area contributed by atoms with Crippen molar-refractivity contribution < 1.29 is 0 Å². The largest absolute Gasteiger partial charge is 0.0891 e. The van der Waals surface area contributed by atoms with Crippen molar-refractivity contribution in [2.75, 3.05) is 0 Å². The Labute approximate surface area is 111 Å². The molecule has 17 heavy (non-hydrogen) atoms. The molecule has 0 saturated carbocycles. The van der Waals surface area contributed by atoms with Gasteiger partial charge in [-0.25, -0.2) is 0 Å². The molecule has 0 spiro atoms. The van der Waals surface area contributed by atoms with Gasteiger partial charge in [-0.15, -0.1) is 0 Å². The van der Waals surface area contributed by atoms with Crippen LogP contribution in [0.5, 0.6) is 0 Å². The summed E-state index contributed by atoms with van der Waals surface area (Å²) in [4.78, 5) is 0. The number of hydrogen-bond donors (Lipinski definition) is 0. The van der Waals surface area contributed by atoms with E-state index in [-0.39, 0.29) is 0 Å². The molecule has 0 aliphatic heterocycles. The Morgan fingerprint density at radius 1 is 0.824 bits per heavy atom. The summed E-state index contributed by atoms with van der Waals surface area (Å²) in [5.41, 5.74) is 0. The van der Waals surface area contributed by atoms with Crippen LogP contribution < -0.4 is 0 Å². The molecule has 0 aromatic heterocycles. The predicted molar refractivity (Wildman–Crippen MR) is 84.3 cm³/mol. The van der Waals surface area contributed by atoms with Crippen LogP contribution in [0.25, 0.3) is 0 Å². The van der Waals surface area contributed by atoms with Gasteiger partial charge in [-0.1, -0.05) is 89.7 Å². The second-order valence-electron chi connectivity index (χ2n) is 5.32. The Balaban J connectivity index is 4.78. The molecule has 0 aromatic rings. The zero-order valence-electron chi connectivity index (χ0n) is 12.9. The van der Waals surface area contributed by atoms with Gasteiger partial charge < -0.3 is 0 Å². The highest BCUT2D eigenvalue weighted by molar-refractivity contribution is 6.86. The highest BCUT2D eigenvalue weighted by Gasteiger charge is 2.30. The summed E-state index contributed by atoms with van der Waals surface area (Å²) in [5, 5.41) is 1.90. The fourth-order valence-corrected chi connectivity index (χ4v) is 7.01. The van der Waals surface area contributed by atoms with E-state index in [2.05, 4.69) is 40.7 Å². The van der Waals surface area contributed by atoms with E-state index in [0.29, 0.717) is 0 Å². The third kappa shape index (κ3) is 5.42. The van der Waals surface area contributed by atoms with Gasteiger partial charge in [-0.2, -0.15) is 0 Å². The third-order valence-corrected chi connectivity index (χ3v) is 10.3. The Morgan fingerprint density at radius 3 is 1.76 bits per heavy atom. The summed E-state index contributed by atoms with van der Waals surface area (Å²) in [6.45, 7) is 11.9. The summed E-state index contributed by atoms with van der Waals surface area (Å²) < 4.78 is 0. The molecule has 0 aliphatic carbocycles. The maximum atomic E-state index is 2.64. The second-order valence-corrected chi connectivity index (χ2v) is 10.6. The highest BCUT2D eigenvalue weighted by atomic mass is 28.3. The van der Waals surface area contributed by atoms with Gasteiger partial charge in [0.05, 0.1) is 8.07 Å². The number of unbranched alkanes of at least 4 members (excludes halogenated alkanes) is 3. The fourth-order valence-electron chi connectivity index (χ4n) is 2.86. The molecule has 1 heteroatoms. The maximum Gasteiger partial charge on any atom is 0.0803 e. The van der Waals surface area contributed by atoms with Gasteiger partial charge in [0.25, 0.3) is 0 Å². The number of allylic oxidation sites excluding steroid dienone is 2. The molecule has 0 saturated heterocycles. The van der Waals surface area contributed by atoms with Crippen LogP contribution in [0, 0.1) is 0 Å². The molecular weight excluding hydrogens is 220 g/mol. The lowest BCUT2D eigenvalue weighted by Crippen LogP contribution is -2.34. The third-order valence-electron chi connectivity index (χ3n) is 4.46. The molecule has 0 atom stereocenters. The Hall–Kier alpha value is -0.0431. The van der Waals surface area contributed by atoms with Gasteiger partial charge >= 0.3 is 0 Å². The number of hydrogen-bond acceptors (Lipinski definition) is 0. The van der Waals surface area contributed by atoms with E-state index in [1.54, 1.807) is 0 Å². The standard InChI is InChI=1S/C16H34Si/c1-6-11-13-15-16(14-12-7-2)17(8-3,9-4)10-5/h15H,6-14H2,1-5H3/b16-15-. The lowest BCUT2D eigenvalue weighted by atomic mass is 10.2. The Kier molecular flexibility index (Phi) is 9.91. The van der Waals surface area contributed by atoms with Crippen LogP contribution in [0.2, 0.25) is 18.1 Å². The SMILES string of the molecule is CCCC/C=C(/CCCC)[Si](CC)(CC)CC. The average molecular weight is 255 g/mol. The lowest BCUT2D eigenvalue weighted by Gasteiger charge is -2.32. The van der Waals surface area contributed by atoms with E-state index in [4.69, 9.17) is 0 Å². The summed E-state index contributed by atoms with van der Waals surface area (Å²) in [6, 6.07) is 4.34.